The Morgan fingerprint density at radius 1 is 0.533 bits per heavy atom. The summed E-state index contributed by atoms with van der Waals surface area (Å²) in [6, 6.07) is 39.4. The van der Waals surface area contributed by atoms with E-state index in [1.165, 1.54) is 55.0 Å². The summed E-state index contributed by atoms with van der Waals surface area (Å²) in [7, 11) is 0. The number of aryl methyl sites for hydroxylation is 1. The Bertz CT molecular complexity index is 1550. The molecule has 6 rings (SSSR count). The lowest BCUT2D eigenvalue weighted by Crippen LogP contribution is -1.95. The maximum Gasteiger partial charge on any atom is 0.0547 e. The van der Waals surface area contributed by atoms with Crippen LogP contribution in [-0.2, 0) is 0 Å². The molecule has 1 heterocycles. The van der Waals surface area contributed by atoms with Crippen molar-refractivity contribution in [3.8, 4) is 16.8 Å². The Balaban J connectivity index is 1.75. The van der Waals surface area contributed by atoms with Crippen molar-refractivity contribution in [2.75, 3.05) is 0 Å². The minimum absolute atomic E-state index is 1.22. The zero-order chi connectivity index (χ0) is 20.1. The van der Waals surface area contributed by atoms with Gasteiger partial charge in [0.25, 0.3) is 0 Å². The molecule has 1 aromatic heterocycles. The highest BCUT2D eigenvalue weighted by atomic mass is 15.0. The fourth-order valence-corrected chi connectivity index (χ4v) is 4.70. The van der Waals surface area contributed by atoms with Gasteiger partial charge in [-0.3, -0.25) is 0 Å². The molecule has 0 fully saturated rings. The van der Waals surface area contributed by atoms with Crippen LogP contribution in [-0.4, -0.2) is 4.57 Å². The number of aromatic nitrogens is 1. The van der Waals surface area contributed by atoms with E-state index < -0.39 is 0 Å². The lowest BCUT2D eigenvalue weighted by molar-refractivity contribution is 1.20. The molecule has 1 heteroatoms. The van der Waals surface area contributed by atoms with Crippen molar-refractivity contribution in [3.63, 3.8) is 0 Å². The van der Waals surface area contributed by atoms with Crippen molar-refractivity contribution < 1.29 is 0 Å². The van der Waals surface area contributed by atoms with Gasteiger partial charge >= 0.3 is 0 Å². The molecule has 30 heavy (non-hydrogen) atoms. The maximum atomic E-state index is 2.43. The van der Waals surface area contributed by atoms with Crippen LogP contribution in [0.25, 0.3) is 49.4 Å². The van der Waals surface area contributed by atoms with E-state index in [0.29, 0.717) is 0 Å². The monoisotopic (exact) mass is 383 g/mol. The number of fused-ring (bicyclic) bond motifs is 4. The van der Waals surface area contributed by atoms with Gasteiger partial charge in [-0.25, -0.2) is 0 Å². The van der Waals surface area contributed by atoms with Crippen LogP contribution in [0.15, 0.2) is 109 Å². The Hall–Kier alpha value is -3.84. The van der Waals surface area contributed by atoms with E-state index in [2.05, 4.69) is 121 Å². The normalized spacial score (nSPS) is 11.5. The van der Waals surface area contributed by atoms with Crippen molar-refractivity contribution in [1.29, 1.82) is 0 Å². The molecule has 142 valence electrons. The van der Waals surface area contributed by atoms with Gasteiger partial charge in [0, 0.05) is 16.2 Å². The van der Waals surface area contributed by atoms with Crippen LogP contribution < -0.4 is 0 Å². The Morgan fingerprint density at radius 3 is 2.13 bits per heavy atom. The molecule has 0 aliphatic rings. The SMILES string of the molecule is Cc1ccccc1-c1ccc2c3ccccc3n(-c3cccc4ccccc34)c2c1. The van der Waals surface area contributed by atoms with Crippen molar-refractivity contribution in [2.24, 2.45) is 0 Å². The fourth-order valence-electron chi connectivity index (χ4n) is 4.70. The molecular weight excluding hydrogens is 362 g/mol. The first kappa shape index (κ1) is 17.1. The molecule has 0 atom stereocenters. The molecule has 0 spiro atoms. The molecular formula is C29H21N. The molecule has 5 aromatic carbocycles. The molecule has 0 radical (unpaired) electrons. The van der Waals surface area contributed by atoms with Crippen LogP contribution in [0.2, 0.25) is 0 Å². The topological polar surface area (TPSA) is 4.93 Å². The summed E-state index contributed by atoms with van der Waals surface area (Å²) in [5.74, 6) is 0. The van der Waals surface area contributed by atoms with Crippen LogP contribution >= 0.6 is 0 Å². The number of nitrogens with zero attached hydrogens (tertiary/aromatic N) is 1. The third-order valence-corrected chi connectivity index (χ3v) is 6.14. The summed E-state index contributed by atoms with van der Waals surface area (Å²) in [4.78, 5) is 0. The number of hydrogen-bond donors (Lipinski definition) is 0. The summed E-state index contributed by atoms with van der Waals surface area (Å²) >= 11 is 0. The molecule has 0 aliphatic carbocycles. The molecule has 6 aromatic rings. The molecule has 0 bridgehead atoms. The van der Waals surface area contributed by atoms with Crippen molar-refractivity contribution >= 4 is 32.6 Å². The number of benzene rings is 5. The van der Waals surface area contributed by atoms with Crippen LogP contribution in [0.3, 0.4) is 0 Å². The van der Waals surface area contributed by atoms with Crippen molar-refractivity contribution in [3.05, 3.63) is 115 Å². The summed E-state index contributed by atoms with van der Waals surface area (Å²) in [6.45, 7) is 2.18. The highest BCUT2D eigenvalue weighted by Crippen LogP contribution is 2.37. The second-order valence-electron chi connectivity index (χ2n) is 7.90. The largest absolute Gasteiger partial charge is 0.309 e. The molecule has 1 nitrogen and oxygen atoms in total. The number of hydrogen-bond acceptors (Lipinski definition) is 0. The minimum atomic E-state index is 1.22. The van der Waals surface area contributed by atoms with Gasteiger partial charge in [-0.1, -0.05) is 91.0 Å². The second-order valence-corrected chi connectivity index (χ2v) is 7.90. The van der Waals surface area contributed by atoms with Crippen LogP contribution in [0.1, 0.15) is 5.56 Å². The summed E-state index contributed by atoms with van der Waals surface area (Å²) in [6.07, 6.45) is 0. The van der Waals surface area contributed by atoms with Gasteiger partial charge in [0.05, 0.1) is 16.7 Å². The van der Waals surface area contributed by atoms with Gasteiger partial charge in [0.15, 0.2) is 0 Å². The first-order chi connectivity index (χ1) is 14.8. The van der Waals surface area contributed by atoms with Gasteiger partial charge < -0.3 is 4.57 Å². The average molecular weight is 383 g/mol. The van der Waals surface area contributed by atoms with Crippen molar-refractivity contribution in [2.45, 2.75) is 6.92 Å². The quantitative estimate of drug-likeness (QED) is 0.286. The Morgan fingerprint density at radius 2 is 1.23 bits per heavy atom. The smallest absolute Gasteiger partial charge is 0.0547 e. The van der Waals surface area contributed by atoms with Crippen LogP contribution in [0.4, 0.5) is 0 Å². The molecule has 0 unspecified atom stereocenters. The van der Waals surface area contributed by atoms with Crippen molar-refractivity contribution in [1.82, 2.24) is 4.57 Å². The lowest BCUT2D eigenvalue weighted by Gasteiger charge is -2.12. The molecule has 0 N–H and O–H groups in total. The van der Waals surface area contributed by atoms with Gasteiger partial charge in [-0.05, 0) is 47.2 Å². The second kappa shape index (κ2) is 6.60. The van der Waals surface area contributed by atoms with E-state index >= 15 is 0 Å². The molecule has 0 aliphatic heterocycles. The highest BCUT2D eigenvalue weighted by Gasteiger charge is 2.15. The Kier molecular flexibility index (Phi) is 3.75. The standard InChI is InChI=1S/C29H21N/c1-20-9-2-4-12-23(20)22-17-18-26-25-14-6-7-15-28(25)30(29(26)19-22)27-16-8-11-21-10-3-5-13-24(21)27/h2-19H,1H3. The fraction of sp³-hybridized carbons (Fsp3) is 0.0345. The average Bonchev–Trinajstić information content (AvgIpc) is 3.12. The maximum absolute atomic E-state index is 2.43. The first-order valence-corrected chi connectivity index (χ1v) is 10.4. The summed E-state index contributed by atoms with van der Waals surface area (Å²) in [5.41, 5.74) is 7.55. The van der Waals surface area contributed by atoms with Gasteiger partial charge in [0.1, 0.15) is 0 Å². The van der Waals surface area contributed by atoms with E-state index in [9.17, 15) is 0 Å². The Labute approximate surface area is 175 Å². The molecule has 0 amide bonds. The lowest BCUT2D eigenvalue weighted by atomic mass is 9.99. The zero-order valence-electron chi connectivity index (χ0n) is 16.8. The van der Waals surface area contributed by atoms with E-state index in [0.717, 1.165) is 0 Å². The predicted molar refractivity (Wildman–Crippen MR) is 128 cm³/mol. The first-order valence-electron chi connectivity index (χ1n) is 10.4. The highest BCUT2D eigenvalue weighted by molar-refractivity contribution is 6.11. The summed E-state index contributed by atoms with van der Waals surface area (Å²) in [5, 5.41) is 5.10. The zero-order valence-corrected chi connectivity index (χ0v) is 16.8. The third-order valence-electron chi connectivity index (χ3n) is 6.14. The van der Waals surface area contributed by atoms with E-state index in [1.807, 2.05) is 0 Å². The molecule has 0 saturated carbocycles. The summed E-state index contributed by atoms with van der Waals surface area (Å²) < 4.78 is 2.43. The third kappa shape index (κ3) is 2.49. The van der Waals surface area contributed by atoms with Crippen LogP contribution in [0, 0.1) is 6.92 Å². The van der Waals surface area contributed by atoms with Gasteiger partial charge in [-0.15, -0.1) is 0 Å². The predicted octanol–water partition coefficient (Wildman–Crippen LogP) is 7.91. The molecule has 0 saturated heterocycles. The number of rotatable bonds is 2. The van der Waals surface area contributed by atoms with E-state index in [4.69, 9.17) is 0 Å². The van der Waals surface area contributed by atoms with Gasteiger partial charge in [-0.2, -0.15) is 0 Å². The van der Waals surface area contributed by atoms with E-state index in [1.54, 1.807) is 0 Å². The minimum Gasteiger partial charge on any atom is -0.309 e. The van der Waals surface area contributed by atoms with E-state index in [-0.39, 0.29) is 0 Å². The van der Waals surface area contributed by atoms with Gasteiger partial charge in [0.2, 0.25) is 0 Å². The number of para-hydroxylation sites is 1. The van der Waals surface area contributed by atoms with Crippen LogP contribution in [0.5, 0.6) is 0 Å².